The molecule has 0 aliphatic heterocycles. The molecule has 4 heteroatoms. The topological polar surface area (TPSA) is 49.8 Å². The third kappa shape index (κ3) is 4.37. The monoisotopic (exact) mass is 251 g/mol. The number of likely N-dealkylation sites (N-methyl/N-ethyl adjacent to an activating group) is 1. The average molecular weight is 251 g/mol. The van der Waals surface area contributed by atoms with E-state index in [2.05, 4.69) is 25.8 Å². The molecule has 1 unspecified atom stereocenters. The Hall–Kier alpha value is -1.55. The van der Waals surface area contributed by atoms with Crippen molar-refractivity contribution in [3.05, 3.63) is 29.8 Å². The second-order valence-electron chi connectivity index (χ2n) is 4.42. The van der Waals surface area contributed by atoms with Gasteiger partial charge in [0.05, 0.1) is 5.56 Å². The normalized spacial score (nSPS) is 12.4. The first kappa shape index (κ1) is 14.5. The molecule has 1 N–H and O–H groups in total. The maximum absolute atomic E-state index is 10.8. The van der Waals surface area contributed by atoms with Gasteiger partial charge in [0.1, 0.15) is 12.4 Å². The van der Waals surface area contributed by atoms with Crippen molar-refractivity contribution in [3.8, 4) is 5.75 Å². The molecule has 0 heterocycles. The molecule has 0 fully saturated rings. The lowest BCUT2D eigenvalue weighted by molar-refractivity contribution is 0.0696. The molecule has 1 rings (SSSR count). The van der Waals surface area contributed by atoms with Crippen molar-refractivity contribution in [1.29, 1.82) is 0 Å². The molecule has 0 radical (unpaired) electrons. The summed E-state index contributed by atoms with van der Waals surface area (Å²) in [6.45, 7) is 5.71. The lowest BCUT2D eigenvalue weighted by atomic mass is 10.2. The molecule has 0 bridgehead atoms. The fourth-order valence-electron chi connectivity index (χ4n) is 1.56. The lowest BCUT2D eigenvalue weighted by Crippen LogP contribution is -2.32. The van der Waals surface area contributed by atoms with Gasteiger partial charge in [-0.15, -0.1) is 0 Å². The summed E-state index contributed by atoms with van der Waals surface area (Å²) in [7, 11) is 2.06. The van der Waals surface area contributed by atoms with Crippen LogP contribution in [-0.2, 0) is 0 Å². The minimum Gasteiger partial charge on any atom is -0.492 e. The second-order valence-corrected chi connectivity index (χ2v) is 4.42. The molecule has 0 saturated heterocycles. The largest absolute Gasteiger partial charge is 0.492 e. The number of ether oxygens (including phenoxy) is 1. The van der Waals surface area contributed by atoms with E-state index in [1.54, 1.807) is 24.3 Å². The molecule has 0 saturated carbocycles. The number of aromatic carboxylic acids is 1. The first-order chi connectivity index (χ1) is 8.54. The molecule has 0 aliphatic rings. The van der Waals surface area contributed by atoms with Gasteiger partial charge in [-0.2, -0.15) is 0 Å². The highest BCUT2D eigenvalue weighted by Gasteiger charge is 2.07. The van der Waals surface area contributed by atoms with Gasteiger partial charge in [-0.3, -0.25) is 0 Å². The van der Waals surface area contributed by atoms with E-state index in [0.717, 1.165) is 13.0 Å². The van der Waals surface area contributed by atoms with Crippen LogP contribution < -0.4 is 4.74 Å². The highest BCUT2D eigenvalue weighted by molar-refractivity contribution is 5.87. The van der Waals surface area contributed by atoms with E-state index in [1.807, 2.05) is 0 Å². The van der Waals surface area contributed by atoms with E-state index in [9.17, 15) is 4.79 Å². The molecular formula is C14H21NO3. The van der Waals surface area contributed by atoms with Crippen LogP contribution in [-0.4, -0.2) is 42.2 Å². The van der Waals surface area contributed by atoms with Crippen molar-refractivity contribution >= 4 is 5.97 Å². The van der Waals surface area contributed by atoms with Gasteiger partial charge in [0.25, 0.3) is 0 Å². The van der Waals surface area contributed by atoms with Gasteiger partial charge in [0.2, 0.25) is 0 Å². The van der Waals surface area contributed by atoms with Crippen LogP contribution in [0.3, 0.4) is 0 Å². The Labute approximate surface area is 108 Å². The third-order valence-electron chi connectivity index (χ3n) is 3.14. The van der Waals surface area contributed by atoms with E-state index in [0.29, 0.717) is 18.4 Å². The third-order valence-corrected chi connectivity index (χ3v) is 3.14. The number of benzene rings is 1. The minimum absolute atomic E-state index is 0.253. The zero-order valence-corrected chi connectivity index (χ0v) is 11.2. The van der Waals surface area contributed by atoms with E-state index in [1.165, 1.54) is 0 Å². The highest BCUT2D eigenvalue weighted by atomic mass is 16.5. The van der Waals surface area contributed by atoms with Crippen LogP contribution in [0.1, 0.15) is 30.6 Å². The van der Waals surface area contributed by atoms with Crippen molar-refractivity contribution in [2.75, 3.05) is 20.2 Å². The van der Waals surface area contributed by atoms with Crippen molar-refractivity contribution < 1.29 is 14.6 Å². The van der Waals surface area contributed by atoms with Gasteiger partial charge in [0, 0.05) is 12.6 Å². The number of carboxylic acids is 1. The van der Waals surface area contributed by atoms with Gasteiger partial charge in [-0.1, -0.05) is 13.0 Å². The summed E-state index contributed by atoms with van der Waals surface area (Å²) < 4.78 is 5.56. The quantitative estimate of drug-likeness (QED) is 0.809. The fourth-order valence-corrected chi connectivity index (χ4v) is 1.56. The molecule has 1 atom stereocenters. The molecule has 1 aromatic rings. The standard InChI is InChI=1S/C14H21NO3/c1-4-11(2)15(3)8-9-18-13-7-5-6-12(10-13)14(16)17/h5-7,10-11H,4,8-9H2,1-3H3,(H,16,17). The Kier molecular flexibility index (Phi) is 5.65. The first-order valence-corrected chi connectivity index (χ1v) is 6.21. The smallest absolute Gasteiger partial charge is 0.335 e. The predicted molar refractivity (Wildman–Crippen MR) is 71.3 cm³/mol. The number of carbonyl (C=O) groups is 1. The molecule has 0 spiro atoms. The molecule has 100 valence electrons. The van der Waals surface area contributed by atoms with Crippen LogP contribution >= 0.6 is 0 Å². The number of nitrogens with zero attached hydrogens (tertiary/aromatic N) is 1. The summed E-state index contributed by atoms with van der Waals surface area (Å²) in [5, 5.41) is 8.86. The maximum atomic E-state index is 10.8. The highest BCUT2D eigenvalue weighted by Crippen LogP contribution is 2.13. The van der Waals surface area contributed by atoms with Crippen molar-refractivity contribution in [2.45, 2.75) is 26.3 Å². The van der Waals surface area contributed by atoms with E-state index in [-0.39, 0.29) is 5.56 Å². The predicted octanol–water partition coefficient (Wildman–Crippen LogP) is 2.49. The number of carboxylic acid groups (broad SMARTS) is 1. The summed E-state index contributed by atoms with van der Waals surface area (Å²) in [5.74, 6) is -0.329. The van der Waals surface area contributed by atoms with Crippen LogP contribution in [0.5, 0.6) is 5.75 Å². The van der Waals surface area contributed by atoms with Crippen molar-refractivity contribution in [2.24, 2.45) is 0 Å². The summed E-state index contributed by atoms with van der Waals surface area (Å²) in [6, 6.07) is 7.10. The van der Waals surface area contributed by atoms with Gasteiger partial charge in [-0.05, 0) is 38.6 Å². The van der Waals surface area contributed by atoms with Gasteiger partial charge in [0.15, 0.2) is 0 Å². The first-order valence-electron chi connectivity index (χ1n) is 6.21. The Morgan fingerprint density at radius 1 is 1.50 bits per heavy atom. The lowest BCUT2D eigenvalue weighted by Gasteiger charge is -2.23. The van der Waals surface area contributed by atoms with E-state index >= 15 is 0 Å². The average Bonchev–Trinajstić information content (AvgIpc) is 2.38. The maximum Gasteiger partial charge on any atom is 0.335 e. The van der Waals surface area contributed by atoms with E-state index in [4.69, 9.17) is 9.84 Å². The van der Waals surface area contributed by atoms with Crippen LogP contribution in [0.4, 0.5) is 0 Å². The molecule has 0 amide bonds. The Bertz CT molecular complexity index is 392. The van der Waals surface area contributed by atoms with Gasteiger partial charge < -0.3 is 14.7 Å². The fraction of sp³-hybridized carbons (Fsp3) is 0.500. The SMILES string of the molecule is CCC(C)N(C)CCOc1cccc(C(=O)O)c1. The number of hydrogen-bond acceptors (Lipinski definition) is 3. The minimum atomic E-state index is -0.933. The zero-order chi connectivity index (χ0) is 13.5. The summed E-state index contributed by atoms with van der Waals surface area (Å²) in [4.78, 5) is 13.0. The number of hydrogen-bond donors (Lipinski definition) is 1. The van der Waals surface area contributed by atoms with Crippen LogP contribution in [0.25, 0.3) is 0 Å². The molecule has 18 heavy (non-hydrogen) atoms. The van der Waals surface area contributed by atoms with Crippen molar-refractivity contribution in [1.82, 2.24) is 4.90 Å². The summed E-state index contributed by atoms with van der Waals surface area (Å²) >= 11 is 0. The Morgan fingerprint density at radius 3 is 2.83 bits per heavy atom. The Balaban J connectivity index is 2.44. The molecule has 1 aromatic carbocycles. The summed E-state index contributed by atoms with van der Waals surface area (Å²) in [5.41, 5.74) is 0.253. The van der Waals surface area contributed by atoms with Crippen molar-refractivity contribution in [3.63, 3.8) is 0 Å². The Morgan fingerprint density at radius 2 is 2.22 bits per heavy atom. The van der Waals surface area contributed by atoms with Crippen LogP contribution in [0.15, 0.2) is 24.3 Å². The molecule has 4 nitrogen and oxygen atoms in total. The van der Waals surface area contributed by atoms with Crippen LogP contribution in [0, 0.1) is 0 Å². The molecular weight excluding hydrogens is 230 g/mol. The van der Waals surface area contributed by atoms with E-state index < -0.39 is 5.97 Å². The van der Waals surface area contributed by atoms with Crippen LogP contribution in [0.2, 0.25) is 0 Å². The molecule has 0 aliphatic carbocycles. The second kappa shape index (κ2) is 7.01. The van der Waals surface area contributed by atoms with Gasteiger partial charge >= 0.3 is 5.97 Å². The number of rotatable bonds is 7. The molecule has 0 aromatic heterocycles. The zero-order valence-electron chi connectivity index (χ0n) is 11.2. The summed E-state index contributed by atoms with van der Waals surface area (Å²) in [6.07, 6.45) is 1.10. The van der Waals surface area contributed by atoms with Gasteiger partial charge in [-0.25, -0.2) is 4.79 Å².